The monoisotopic (exact) mass is 324 g/mol. The van der Waals surface area contributed by atoms with Gasteiger partial charge in [-0.3, -0.25) is 9.59 Å². The summed E-state index contributed by atoms with van der Waals surface area (Å²) in [5, 5.41) is 5.39. The number of carbonyl (C=O) groups excluding carboxylic acids is 2. The molecule has 0 aliphatic heterocycles. The molecule has 0 saturated heterocycles. The quantitative estimate of drug-likeness (QED) is 0.822. The fraction of sp³-hybridized carbons (Fsp3) is 0.429. The molecule has 2 rings (SSSR count). The van der Waals surface area contributed by atoms with E-state index in [0.29, 0.717) is 5.69 Å². The van der Waals surface area contributed by atoms with E-state index in [-0.39, 0.29) is 6.04 Å². The van der Waals surface area contributed by atoms with Gasteiger partial charge >= 0.3 is 11.8 Å². The molecule has 1 aliphatic carbocycles. The zero-order chi connectivity index (χ0) is 13.7. The minimum Gasteiger partial charge on any atom is -0.345 e. The predicted octanol–water partition coefficient (Wildman–Crippen LogP) is 2.84. The summed E-state index contributed by atoms with van der Waals surface area (Å²) < 4.78 is 0.758. The Morgan fingerprint density at radius 2 is 1.74 bits per heavy atom. The van der Waals surface area contributed by atoms with Crippen molar-refractivity contribution in [3.63, 3.8) is 0 Å². The Morgan fingerprint density at radius 3 is 2.42 bits per heavy atom. The van der Waals surface area contributed by atoms with Crippen LogP contribution in [-0.4, -0.2) is 17.9 Å². The van der Waals surface area contributed by atoms with Gasteiger partial charge in [0, 0.05) is 10.5 Å². The minimum absolute atomic E-state index is 0.145. The summed E-state index contributed by atoms with van der Waals surface area (Å²) in [4.78, 5) is 23.6. The van der Waals surface area contributed by atoms with E-state index in [9.17, 15) is 9.59 Å². The first-order chi connectivity index (χ1) is 9.16. The van der Waals surface area contributed by atoms with E-state index in [0.717, 1.165) is 30.2 Å². The van der Waals surface area contributed by atoms with Crippen LogP contribution in [-0.2, 0) is 9.59 Å². The van der Waals surface area contributed by atoms with Crippen LogP contribution in [0.25, 0.3) is 0 Å². The van der Waals surface area contributed by atoms with Crippen LogP contribution in [0.4, 0.5) is 5.69 Å². The highest BCUT2D eigenvalue weighted by atomic mass is 79.9. The normalized spacial score (nSPS) is 15.8. The van der Waals surface area contributed by atoms with Gasteiger partial charge in [0.25, 0.3) is 0 Å². The zero-order valence-electron chi connectivity index (χ0n) is 10.6. The van der Waals surface area contributed by atoms with E-state index in [4.69, 9.17) is 0 Å². The number of hydrogen-bond donors (Lipinski definition) is 2. The van der Waals surface area contributed by atoms with Gasteiger partial charge in [-0.2, -0.15) is 0 Å². The van der Waals surface area contributed by atoms with Gasteiger partial charge in [0.2, 0.25) is 0 Å². The second kappa shape index (κ2) is 6.70. The molecule has 1 aromatic carbocycles. The molecule has 0 bridgehead atoms. The van der Waals surface area contributed by atoms with Gasteiger partial charge in [-0.15, -0.1) is 0 Å². The lowest BCUT2D eigenvalue weighted by Gasteiger charge is -2.22. The average Bonchev–Trinajstić information content (AvgIpc) is 2.42. The van der Waals surface area contributed by atoms with Crippen LogP contribution in [0.1, 0.15) is 32.1 Å². The molecule has 0 atom stereocenters. The maximum Gasteiger partial charge on any atom is 0.313 e. The summed E-state index contributed by atoms with van der Waals surface area (Å²) >= 11 is 3.33. The molecule has 1 aromatic rings. The van der Waals surface area contributed by atoms with Gasteiger partial charge in [-0.05, 0) is 40.9 Å². The maximum atomic E-state index is 11.8. The van der Waals surface area contributed by atoms with E-state index < -0.39 is 11.8 Å². The summed E-state index contributed by atoms with van der Waals surface area (Å²) in [5.41, 5.74) is 0.603. The van der Waals surface area contributed by atoms with Crippen molar-refractivity contribution in [2.45, 2.75) is 38.1 Å². The second-order valence-corrected chi connectivity index (χ2v) is 5.60. The van der Waals surface area contributed by atoms with Gasteiger partial charge in [0.15, 0.2) is 0 Å². The Bertz CT molecular complexity index is 470. The van der Waals surface area contributed by atoms with Gasteiger partial charge in [-0.1, -0.05) is 31.4 Å². The first-order valence-electron chi connectivity index (χ1n) is 6.53. The molecule has 0 radical (unpaired) electrons. The number of carbonyl (C=O) groups is 2. The highest BCUT2D eigenvalue weighted by Crippen LogP contribution is 2.21. The number of benzene rings is 1. The SMILES string of the molecule is O=C(Nc1ccccc1Br)C(=O)NC1CCCCC1. The van der Waals surface area contributed by atoms with Crippen LogP contribution >= 0.6 is 15.9 Å². The second-order valence-electron chi connectivity index (χ2n) is 4.74. The zero-order valence-corrected chi connectivity index (χ0v) is 12.2. The highest BCUT2D eigenvalue weighted by Gasteiger charge is 2.20. The predicted molar refractivity (Wildman–Crippen MR) is 77.8 cm³/mol. The van der Waals surface area contributed by atoms with Crippen molar-refractivity contribution in [2.24, 2.45) is 0 Å². The van der Waals surface area contributed by atoms with Gasteiger partial charge < -0.3 is 10.6 Å². The summed E-state index contributed by atoms with van der Waals surface area (Å²) in [5.74, 6) is -1.17. The number of hydrogen-bond acceptors (Lipinski definition) is 2. The third-order valence-electron chi connectivity index (χ3n) is 3.27. The Hall–Kier alpha value is -1.36. The molecular weight excluding hydrogens is 308 g/mol. The summed E-state index contributed by atoms with van der Waals surface area (Å²) in [6.07, 6.45) is 5.39. The lowest BCUT2D eigenvalue weighted by Crippen LogP contribution is -2.42. The number of anilines is 1. The van der Waals surface area contributed by atoms with Crippen LogP contribution in [0, 0.1) is 0 Å². The van der Waals surface area contributed by atoms with Crippen LogP contribution in [0.5, 0.6) is 0 Å². The number of halogens is 1. The molecule has 2 amide bonds. The van der Waals surface area contributed by atoms with Crippen molar-refractivity contribution >= 4 is 33.4 Å². The van der Waals surface area contributed by atoms with E-state index in [1.54, 1.807) is 12.1 Å². The molecule has 1 saturated carbocycles. The van der Waals surface area contributed by atoms with E-state index in [2.05, 4.69) is 26.6 Å². The molecule has 0 aromatic heterocycles. The van der Waals surface area contributed by atoms with Crippen molar-refractivity contribution in [2.75, 3.05) is 5.32 Å². The molecule has 1 fully saturated rings. The van der Waals surface area contributed by atoms with Crippen molar-refractivity contribution < 1.29 is 9.59 Å². The standard InChI is InChI=1S/C14H17BrN2O2/c15-11-8-4-5-9-12(11)17-14(19)13(18)16-10-6-2-1-3-7-10/h4-5,8-10H,1-3,6-7H2,(H,16,18)(H,17,19). The minimum atomic E-state index is -0.613. The lowest BCUT2D eigenvalue weighted by atomic mass is 9.95. The Balaban J connectivity index is 1.89. The molecule has 1 aliphatic rings. The van der Waals surface area contributed by atoms with Crippen LogP contribution in [0.15, 0.2) is 28.7 Å². The van der Waals surface area contributed by atoms with E-state index in [1.807, 2.05) is 12.1 Å². The van der Waals surface area contributed by atoms with E-state index in [1.165, 1.54) is 6.42 Å². The van der Waals surface area contributed by atoms with Crippen LogP contribution in [0.3, 0.4) is 0 Å². The Kier molecular flexibility index (Phi) is 4.96. The van der Waals surface area contributed by atoms with Crippen molar-refractivity contribution in [1.82, 2.24) is 5.32 Å². The number of nitrogens with one attached hydrogen (secondary N) is 2. The Morgan fingerprint density at radius 1 is 1.05 bits per heavy atom. The fourth-order valence-corrected chi connectivity index (χ4v) is 2.62. The number of para-hydroxylation sites is 1. The molecule has 0 spiro atoms. The molecule has 102 valence electrons. The van der Waals surface area contributed by atoms with Crippen molar-refractivity contribution in [3.05, 3.63) is 28.7 Å². The topological polar surface area (TPSA) is 58.2 Å². The Labute approximate surface area is 121 Å². The van der Waals surface area contributed by atoms with Gasteiger partial charge in [-0.25, -0.2) is 0 Å². The average molecular weight is 325 g/mol. The molecular formula is C14H17BrN2O2. The maximum absolute atomic E-state index is 11.8. The van der Waals surface area contributed by atoms with Gasteiger partial charge in [0.1, 0.15) is 0 Å². The third-order valence-corrected chi connectivity index (χ3v) is 3.96. The third kappa shape index (κ3) is 4.06. The lowest BCUT2D eigenvalue weighted by molar-refractivity contribution is -0.136. The molecule has 0 heterocycles. The molecule has 4 nitrogen and oxygen atoms in total. The van der Waals surface area contributed by atoms with Gasteiger partial charge in [0.05, 0.1) is 5.69 Å². The fourth-order valence-electron chi connectivity index (χ4n) is 2.24. The van der Waals surface area contributed by atoms with Crippen molar-refractivity contribution in [1.29, 1.82) is 0 Å². The molecule has 2 N–H and O–H groups in total. The smallest absolute Gasteiger partial charge is 0.313 e. The number of rotatable bonds is 2. The highest BCUT2D eigenvalue weighted by molar-refractivity contribution is 9.10. The summed E-state index contributed by atoms with van der Waals surface area (Å²) in [6, 6.07) is 7.36. The largest absolute Gasteiger partial charge is 0.345 e. The molecule has 0 unspecified atom stereocenters. The summed E-state index contributed by atoms with van der Waals surface area (Å²) in [7, 11) is 0. The first kappa shape index (κ1) is 14.1. The van der Waals surface area contributed by atoms with Crippen molar-refractivity contribution in [3.8, 4) is 0 Å². The van der Waals surface area contributed by atoms with Crippen LogP contribution < -0.4 is 10.6 Å². The first-order valence-corrected chi connectivity index (χ1v) is 7.32. The summed E-state index contributed by atoms with van der Waals surface area (Å²) in [6.45, 7) is 0. The van der Waals surface area contributed by atoms with E-state index >= 15 is 0 Å². The molecule has 5 heteroatoms. The molecule has 19 heavy (non-hydrogen) atoms. The number of amides is 2. The van der Waals surface area contributed by atoms with Crippen LogP contribution in [0.2, 0.25) is 0 Å².